The van der Waals surface area contributed by atoms with Gasteiger partial charge in [0.05, 0.1) is 7.11 Å². The largest absolute Gasteiger partial charge is 0.497 e. The Hall–Kier alpha value is -3.21. The molecule has 0 aliphatic carbocycles. The van der Waals surface area contributed by atoms with E-state index in [1.54, 1.807) is 56.5 Å². The Labute approximate surface area is 150 Å². The monoisotopic (exact) mass is 352 g/mol. The van der Waals surface area contributed by atoms with Crippen LogP contribution in [0.4, 0.5) is 4.39 Å². The van der Waals surface area contributed by atoms with Gasteiger partial charge < -0.3 is 9.47 Å². The first-order valence-electron chi connectivity index (χ1n) is 8.03. The van der Waals surface area contributed by atoms with Gasteiger partial charge in [-0.3, -0.25) is 4.79 Å². The van der Waals surface area contributed by atoms with Crippen LogP contribution in [0.5, 0.6) is 5.75 Å². The maximum atomic E-state index is 13.1. The number of benzene rings is 2. The van der Waals surface area contributed by atoms with Gasteiger partial charge in [0.15, 0.2) is 11.9 Å². The van der Waals surface area contributed by atoms with E-state index in [2.05, 4.69) is 0 Å². The van der Waals surface area contributed by atoms with E-state index in [4.69, 9.17) is 9.47 Å². The lowest BCUT2D eigenvalue weighted by Crippen LogP contribution is -2.03. The third-order valence-corrected chi connectivity index (χ3v) is 4.21. The lowest BCUT2D eigenvalue weighted by atomic mass is 9.98. The smallest absolute Gasteiger partial charge is 0.335 e. The van der Waals surface area contributed by atoms with E-state index >= 15 is 0 Å². The molecule has 3 rings (SSSR count). The van der Waals surface area contributed by atoms with Gasteiger partial charge in [-0.15, -0.1) is 0 Å². The minimum absolute atomic E-state index is 0.204. The summed E-state index contributed by atoms with van der Waals surface area (Å²) in [7, 11) is 1.55. The topological polar surface area (TPSA) is 52.6 Å². The van der Waals surface area contributed by atoms with Gasteiger partial charge in [0.1, 0.15) is 11.6 Å². The van der Waals surface area contributed by atoms with Crippen LogP contribution < -0.4 is 4.74 Å². The number of methoxy groups -OCH3 is 1. The van der Waals surface area contributed by atoms with E-state index in [0.717, 1.165) is 0 Å². The second-order valence-corrected chi connectivity index (χ2v) is 5.84. The van der Waals surface area contributed by atoms with Gasteiger partial charge in [0.2, 0.25) is 0 Å². The summed E-state index contributed by atoms with van der Waals surface area (Å²) in [6.45, 7) is 1.64. The van der Waals surface area contributed by atoms with Gasteiger partial charge in [-0.2, -0.15) is 0 Å². The average Bonchev–Trinajstić information content (AvgIpc) is 2.95. The number of allylic oxidation sites excluding steroid dienone is 1. The third kappa shape index (κ3) is 3.57. The van der Waals surface area contributed by atoms with Crippen molar-refractivity contribution in [3.8, 4) is 5.75 Å². The first-order valence-corrected chi connectivity index (χ1v) is 8.03. The highest BCUT2D eigenvalue weighted by atomic mass is 19.1. The first kappa shape index (κ1) is 17.6. The maximum Gasteiger partial charge on any atom is 0.335 e. The minimum Gasteiger partial charge on any atom is -0.497 e. The second-order valence-electron chi connectivity index (χ2n) is 5.84. The number of ketones is 1. The molecule has 2 aromatic carbocycles. The summed E-state index contributed by atoms with van der Waals surface area (Å²) in [6, 6.07) is 12.5. The Bertz CT molecular complexity index is 893. The molecule has 1 aliphatic heterocycles. The van der Waals surface area contributed by atoms with Crippen molar-refractivity contribution in [2.75, 3.05) is 7.11 Å². The summed E-state index contributed by atoms with van der Waals surface area (Å²) in [6.07, 6.45) is 2.34. The number of cyclic esters (lactones) is 1. The zero-order chi connectivity index (χ0) is 18.7. The van der Waals surface area contributed by atoms with Crippen molar-refractivity contribution in [2.45, 2.75) is 13.0 Å². The molecule has 1 unspecified atom stereocenters. The predicted octanol–water partition coefficient (Wildman–Crippen LogP) is 4.19. The van der Waals surface area contributed by atoms with Gasteiger partial charge in [-0.05, 0) is 55.0 Å². The van der Waals surface area contributed by atoms with Crippen LogP contribution in [0.25, 0.3) is 0 Å². The molecule has 26 heavy (non-hydrogen) atoms. The average molecular weight is 352 g/mol. The van der Waals surface area contributed by atoms with Crippen molar-refractivity contribution in [2.24, 2.45) is 0 Å². The standard InChI is InChI=1S/C21H17FO4/c1-13-18(11-12-19(23)14-5-9-17(25-2)10-6-14)20(26-21(13)24)15-3-7-16(22)8-4-15/h3-12,20H,1-2H3/b12-11+. The van der Waals surface area contributed by atoms with Crippen LogP contribution in [0.15, 0.2) is 71.8 Å². The molecule has 4 nitrogen and oxygen atoms in total. The predicted molar refractivity (Wildman–Crippen MR) is 94.4 cm³/mol. The van der Waals surface area contributed by atoms with Gasteiger partial charge >= 0.3 is 5.97 Å². The molecule has 5 heteroatoms. The number of hydrogen-bond donors (Lipinski definition) is 0. The number of carbonyl (C=O) groups is 2. The van der Waals surface area contributed by atoms with Crippen LogP contribution in [-0.2, 0) is 9.53 Å². The Morgan fingerprint density at radius 2 is 1.77 bits per heavy atom. The van der Waals surface area contributed by atoms with Crippen LogP contribution in [0.1, 0.15) is 28.9 Å². The van der Waals surface area contributed by atoms with Crippen molar-refractivity contribution in [3.05, 3.63) is 88.8 Å². The molecule has 132 valence electrons. The quantitative estimate of drug-likeness (QED) is 0.460. The third-order valence-electron chi connectivity index (χ3n) is 4.21. The summed E-state index contributed by atoms with van der Waals surface area (Å²) in [5.74, 6) is -0.359. The molecule has 1 atom stereocenters. The Kier molecular flexibility index (Phi) is 4.98. The first-order chi connectivity index (χ1) is 12.5. The zero-order valence-electron chi connectivity index (χ0n) is 14.4. The van der Waals surface area contributed by atoms with Crippen molar-refractivity contribution < 1.29 is 23.5 Å². The van der Waals surface area contributed by atoms with Gasteiger partial charge in [-0.25, -0.2) is 9.18 Å². The zero-order valence-corrected chi connectivity index (χ0v) is 14.4. The SMILES string of the molecule is COc1ccc(C(=O)/C=C/C2=C(C)C(=O)OC2c2ccc(F)cc2)cc1. The van der Waals surface area contributed by atoms with Crippen LogP contribution in [-0.4, -0.2) is 18.9 Å². The molecule has 0 radical (unpaired) electrons. The number of ether oxygens (including phenoxy) is 2. The summed E-state index contributed by atoms with van der Waals surface area (Å²) in [5.41, 5.74) is 2.17. The highest BCUT2D eigenvalue weighted by Crippen LogP contribution is 2.36. The molecule has 0 fully saturated rings. The van der Waals surface area contributed by atoms with Gasteiger partial charge in [-0.1, -0.05) is 18.2 Å². The van der Waals surface area contributed by atoms with Crippen LogP contribution in [0, 0.1) is 5.82 Å². The van der Waals surface area contributed by atoms with Crippen LogP contribution in [0.3, 0.4) is 0 Å². The van der Waals surface area contributed by atoms with Crippen LogP contribution >= 0.6 is 0 Å². The molecular formula is C21H17FO4. The van der Waals surface area contributed by atoms with Crippen molar-refractivity contribution in [1.29, 1.82) is 0 Å². The molecule has 2 aromatic rings. The Balaban J connectivity index is 1.84. The fourth-order valence-corrected chi connectivity index (χ4v) is 2.69. The minimum atomic E-state index is -0.650. The number of esters is 1. The van der Waals surface area contributed by atoms with E-state index < -0.39 is 12.1 Å². The number of rotatable bonds is 5. The highest BCUT2D eigenvalue weighted by Gasteiger charge is 2.31. The van der Waals surface area contributed by atoms with Gasteiger partial charge in [0, 0.05) is 16.7 Å². The van der Waals surface area contributed by atoms with Crippen molar-refractivity contribution in [3.63, 3.8) is 0 Å². The van der Waals surface area contributed by atoms with E-state index in [1.165, 1.54) is 18.2 Å². The van der Waals surface area contributed by atoms with E-state index in [1.807, 2.05) is 0 Å². The molecule has 0 bridgehead atoms. The van der Waals surface area contributed by atoms with E-state index in [0.29, 0.717) is 28.0 Å². The Morgan fingerprint density at radius 1 is 1.12 bits per heavy atom. The summed E-state index contributed by atoms with van der Waals surface area (Å²) < 4.78 is 23.6. The lowest BCUT2D eigenvalue weighted by Gasteiger charge is -2.12. The molecule has 0 amide bonds. The fraction of sp³-hybridized carbons (Fsp3) is 0.143. The van der Waals surface area contributed by atoms with Gasteiger partial charge in [0.25, 0.3) is 0 Å². The second kappa shape index (κ2) is 7.35. The molecule has 1 heterocycles. The number of hydrogen-bond acceptors (Lipinski definition) is 4. The Morgan fingerprint density at radius 3 is 2.38 bits per heavy atom. The molecule has 0 saturated carbocycles. The normalized spacial score (nSPS) is 16.9. The summed E-state index contributed by atoms with van der Waals surface area (Å²) in [5, 5.41) is 0. The lowest BCUT2D eigenvalue weighted by molar-refractivity contribution is -0.139. The number of carbonyl (C=O) groups excluding carboxylic acids is 2. The molecule has 0 saturated heterocycles. The van der Waals surface area contributed by atoms with E-state index in [9.17, 15) is 14.0 Å². The van der Waals surface area contributed by atoms with E-state index in [-0.39, 0.29) is 11.6 Å². The van der Waals surface area contributed by atoms with Crippen molar-refractivity contribution in [1.82, 2.24) is 0 Å². The molecule has 0 N–H and O–H groups in total. The molecule has 0 aromatic heterocycles. The summed E-state index contributed by atoms with van der Waals surface area (Å²) >= 11 is 0. The highest BCUT2D eigenvalue weighted by molar-refractivity contribution is 6.05. The molecule has 0 spiro atoms. The summed E-state index contributed by atoms with van der Waals surface area (Å²) in [4.78, 5) is 24.3. The fourth-order valence-electron chi connectivity index (χ4n) is 2.69. The molecular weight excluding hydrogens is 335 g/mol. The van der Waals surface area contributed by atoms with Crippen molar-refractivity contribution >= 4 is 11.8 Å². The maximum absolute atomic E-state index is 13.1. The van der Waals surface area contributed by atoms with Crippen LogP contribution in [0.2, 0.25) is 0 Å². The number of halogens is 1. The molecule has 1 aliphatic rings.